The third kappa shape index (κ3) is 9.24. The van der Waals surface area contributed by atoms with Crippen LogP contribution in [-0.4, -0.2) is 43.0 Å². The molecule has 3 aromatic rings. The van der Waals surface area contributed by atoms with E-state index in [1.165, 1.54) is 12.3 Å². The molecule has 40 heavy (non-hydrogen) atoms. The Bertz CT molecular complexity index is 1250. The van der Waals surface area contributed by atoms with Crippen molar-refractivity contribution in [1.82, 2.24) is 9.71 Å². The van der Waals surface area contributed by atoms with Gasteiger partial charge in [-0.05, 0) is 59.5 Å². The van der Waals surface area contributed by atoms with E-state index in [0.717, 1.165) is 18.1 Å². The molecule has 0 aliphatic carbocycles. The van der Waals surface area contributed by atoms with Gasteiger partial charge < -0.3 is 29.0 Å². The Kier molecular flexibility index (Phi) is 11.7. The summed E-state index contributed by atoms with van der Waals surface area (Å²) in [4.78, 5) is 42.1. The Morgan fingerprint density at radius 3 is 1.90 bits per heavy atom. The topological polar surface area (TPSA) is 134 Å². The zero-order valence-corrected chi connectivity index (χ0v) is 23.0. The maximum absolute atomic E-state index is 13.0. The highest BCUT2D eigenvalue weighted by Crippen LogP contribution is 2.22. The highest BCUT2D eigenvalue weighted by molar-refractivity contribution is 7.97. The van der Waals surface area contributed by atoms with Crippen molar-refractivity contribution in [2.75, 3.05) is 25.3 Å². The summed E-state index contributed by atoms with van der Waals surface area (Å²) < 4.78 is 28.8. The van der Waals surface area contributed by atoms with Crippen LogP contribution < -0.4 is 24.2 Å². The summed E-state index contributed by atoms with van der Waals surface area (Å²) in [6, 6.07) is 16.9. The molecule has 0 radical (unpaired) electrons. The first-order valence-electron chi connectivity index (χ1n) is 12.0. The lowest BCUT2D eigenvalue weighted by molar-refractivity contribution is -0.148. The van der Waals surface area contributed by atoms with Crippen molar-refractivity contribution in [1.29, 1.82) is 0 Å². The molecule has 0 saturated heterocycles. The van der Waals surface area contributed by atoms with Gasteiger partial charge in [0.1, 0.15) is 24.7 Å². The predicted octanol–water partition coefficient (Wildman–Crippen LogP) is 4.64. The molecule has 0 unspecified atom stereocenters. The number of amides is 1. The van der Waals surface area contributed by atoms with Gasteiger partial charge in [-0.2, -0.15) is 0 Å². The van der Waals surface area contributed by atoms with Gasteiger partial charge in [-0.15, -0.1) is 0 Å². The zero-order valence-electron chi connectivity index (χ0n) is 22.2. The van der Waals surface area contributed by atoms with Crippen LogP contribution in [-0.2, 0) is 32.3 Å². The number of anilines is 1. The Morgan fingerprint density at radius 1 is 0.850 bits per heavy atom. The lowest BCUT2D eigenvalue weighted by Crippen LogP contribution is -2.21. The smallest absolute Gasteiger partial charge is 0.422 e. The van der Waals surface area contributed by atoms with Gasteiger partial charge in [0.2, 0.25) is 0 Å². The number of hydrogen-bond donors (Lipinski definition) is 2. The fourth-order valence-electron chi connectivity index (χ4n) is 3.07. The van der Waals surface area contributed by atoms with E-state index in [1.54, 1.807) is 68.8 Å². The van der Waals surface area contributed by atoms with Gasteiger partial charge in [-0.25, -0.2) is 19.4 Å². The molecule has 0 spiro atoms. The van der Waals surface area contributed by atoms with Crippen LogP contribution in [0.1, 0.15) is 18.1 Å². The molecule has 1 aromatic heterocycles. The zero-order chi connectivity index (χ0) is 28.7. The van der Waals surface area contributed by atoms with Crippen LogP contribution in [0.25, 0.3) is 0 Å². The molecular weight excluding hydrogens is 538 g/mol. The van der Waals surface area contributed by atoms with Crippen molar-refractivity contribution in [2.45, 2.75) is 20.1 Å². The number of carbonyl (C=O) groups is 3. The molecule has 0 atom stereocenters. The second-order valence-electron chi connectivity index (χ2n) is 7.83. The van der Waals surface area contributed by atoms with Crippen molar-refractivity contribution in [2.24, 2.45) is 0 Å². The van der Waals surface area contributed by atoms with Crippen LogP contribution in [0.3, 0.4) is 0 Å². The van der Waals surface area contributed by atoms with Gasteiger partial charge in [0, 0.05) is 18.1 Å². The summed E-state index contributed by atoms with van der Waals surface area (Å²) in [6.45, 7) is 1.67. The monoisotopic (exact) mass is 567 g/mol. The number of carbonyl (C=O) groups excluding carboxylic acids is 3. The summed E-state index contributed by atoms with van der Waals surface area (Å²) in [7, 11) is 3.09. The molecule has 210 valence electrons. The number of pyridine rings is 1. The third-order valence-corrected chi connectivity index (χ3v) is 5.72. The molecule has 3 rings (SSSR count). The quantitative estimate of drug-likeness (QED) is 0.0983. The maximum atomic E-state index is 13.0. The standard InChI is InChI=1S/C28H29N3O8S/c1-4-40-31-28(34)39-24-6-5-15-29-25(24)30-16-23(26(32)37-17-19-7-11-21(35-2)12-8-19)27(33)38-18-20-9-13-22(36-3)14-10-20/h5-16H,4,17-18H2,1-3H3,(H,29,30)(H,31,34). The molecule has 2 aromatic carbocycles. The Hall–Kier alpha value is -4.71. The first-order valence-corrected chi connectivity index (χ1v) is 13.0. The Morgan fingerprint density at radius 2 is 1.40 bits per heavy atom. The normalized spacial score (nSPS) is 10.1. The maximum Gasteiger partial charge on any atom is 0.422 e. The Balaban J connectivity index is 1.76. The van der Waals surface area contributed by atoms with Crippen LogP contribution in [0.2, 0.25) is 0 Å². The van der Waals surface area contributed by atoms with Crippen molar-refractivity contribution in [3.8, 4) is 17.2 Å². The van der Waals surface area contributed by atoms with E-state index in [0.29, 0.717) is 28.4 Å². The van der Waals surface area contributed by atoms with Gasteiger partial charge in [0.05, 0.1) is 14.2 Å². The summed E-state index contributed by atoms with van der Waals surface area (Å²) in [5.74, 6) is 0.246. The minimum Gasteiger partial charge on any atom is -0.497 e. The number of methoxy groups -OCH3 is 2. The van der Waals surface area contributed by atoms with Crippen LogP contribution in [0.15, 0.2) is 78.6 Å². The van der Waals surface area contributed by atoms with Crippen LogP contribution in [0.4, 0.5) is 10.6 Å². The third-order valence-electron chi connectivity index (χ3n) is 5.12. The number of ether oxygens (including phenoxy) is 5. The highest BCUT2D eigenvalue weighted by atomic mass is 32.2. The molecule has 0 aliphatic heterocycles. The molecule has 1 amide bonds. The van der Waals surface area contributed by atoms with Gasteiger partial charge in [-0.1, -0.05) is 31.2 Å². The first kappa shape index (κ1) is 29.8. The Labute approximate surface area is 236 Å². The molecule has 11 nitrogen and oxygen atoms in total. The number of nitrogens with zero attached hydrogens (tertiary/aromatic N) is 1. The largest absolute Gasteiger partial charge is 0.497 e. The van der Waals surface area contributed by atoms with Crippen LogP contribution in [0.5, 0.6) is 17.2 Å². The average Bonchev–Trinajstić information content (AvgIpc) is 2.99. The van der Waals surface area contributed by atoms with Gasteiger partial charge in [0.25, 0.3) is 0 Å². The summed E-state index contributed by atoms with van der Waals surface area (Å²) in [5, 5.41) is 2.74. The van der Waals surface area contributed by atoms with E-state index >= 15 is 0 Å². The molecule has 0 aliphatic rings. The van der Waals surface area contributed by atoms with Gasteiger partial charge in [-0.3, -0.25) is 4.72 Å². The van der Waals surface area contributed by atoms with E-state index in [1.807, 2.05) is 6.92 Å². The number of hydrogen-bond acceptors (Lipinski definition) is 11. The van der Waals surface area contributed by atoms with E-state index in [-0.39, 0.29) is 24.8 Å². The highest BCUT2D eigenvalue weighted by Gasteiger charge is 2.23. The van der Waals surface area contributed by atoms with E-state index < -0.39 is 23.6 Å². The predicted molar refractivity (Wildman–Crippen MR) is 149 cm³/mol. The summed E-state index contributed by atoms with van der Waals surface area (Å²) in [6.07, 6.45) is 1.84. The van der Waals surface area contributed by atoms with Gasteiger partial charge >= 0.3 is 18.0 Å². The van der Waals surface area contributed by atoms with Crippen molar-refractivity contribution in [3.05, 3.63) is 89.8 Å². The number of rotatable bonds is 13. The summed E-state index contributed by atoms with van der Waals surface area (Å²) >= 11 is 1.16. The fourth-order valence-corrected chi connectivity index (χ4v) is 3.38. The molecule has 0 fully saturated rings. The fraction of sp³-hybridized carbons (Fsp3) is 0.214. The number of aromatic nitrogens is 1. The second kappa shape index (κ2) is 15.6. The molecule has 0 bridgehead atoms. The molecule has 2 N–H and O–H groups in total. The lowest BCUT2D eigenvalue weighted by Gasteiger charge is -2.12. The first-order chi connectivity index (χ1) is 19.4. The van der Waals surface area contributed by atoms with Crippen LogP contribution >= 0.6 is 11.9 Å². The molecule has 0 saturated carbocycles. The number of nitrogens with one attached hydrogen (secondary N) is 2. The minimum atomic E-state index is -0.932. The van der Waals surface area contributed by atoms with E-state index in [9.17, 15) is 14.4 Å². The molecular formula is C28H29N3O8S. The van der Waals surface area contributed by atoms with Gasteiger partial charge in [0.15, 0.2) is 17.1 Å². The SMILES string of the molecule is CCSNC(=O)Oc1cccnc1NC=C(C(=O)OCc1ccc(OC)cc1)C(=O)OCc1ccc(OC)cc1. The molecule has 12 heteroatoms. The van der Waals surface area contributed by atoms with E-state index in [2.05, 4.69) is 15.0 Å². The summed E-state index contributed by atoms with van der Waals surface area (Å²) in [5.41, 5.74) is 0.943. The van der Waals surface area contributed by atoms with E-state index in [4.69, 9.17) is 23.7 Å². The van der Waals surface area contributed by atoms with Crippen molar-refractivity contribution < 1.29 is 38.1 Å². The van der Waals surface area contributed by atoms with Crippen molar-refractivity contribution >= 4 is 35.8 Å². The number of esters is 2. The molecule has 1 heterocycles. The minimum absolute atomic E-state index is 0.0745. The van der Waals surface area contributed by atoms with Crippen LogP contribution in [0, 0.1) is 0 Å². The average molecular weight is 568 g/mol. The lowest BCUT2D eigenvalue weighted by atomic mass is 10.2. The second-order valence-corrected chi connectivity index (χ2v) is 8.90. The number of benzene rings is 2. The van der Waals surface area contributed by atoms with Crippen molar-refractivity contribution in [3.63, 3.8) is 0 Å².